The van der Waals surface area contributed by atoms with Crippen LogP contribution >= 0.6 is 15.9 Å². The van der Waals surface area contributed by atoms with Crippen LogP contribution in [0.3, 0.4) is 0 Å². The van der Waals surface area contributed by atoms with Crippen LogP contribution in [0.15, 0.2) is 33.7 Å². The van der Waals surface area contributed by atoms with Crippen molar-refractivity contribution in [2.24, 2.45) is 10.9 Å². The predicted octanol–water partition coefficient (Wildman–Crippen LogP) is 2.22. The topological polar surface area (TPSA) is 73.8 Å². The summed E-state index contributed by atoms with van der Waals surface area (Å²) in [5.41, 5.74) is 1.32. The molecule has 0 bridgehead atoms. The number of nitrogens with one attached hydrogen (secondary N) is 2. The molecule has 0 aromatic heterocycles. The lowest BCUT2D eigenvalue weighted by Crippen LogP contribution is -2.43. The van der Waals surface area contributed by atoms with Crippen LogP contribution in [0.5, 0.6) is 0 Å². The van der Waals surface area contributed by atoms with Crippen LogP contribution in [0.1, 0.15) is 25.3 Å². The van der Waals surface area contributed by atoms with Gasteiger partial charge in [-0.05, 0) is 36.5 Å². The number of sulfonamides is 1. The summed E-state index contributed by atoms with van der Waals surface area (Å²) in [4.78, 5) is 4.23. The lowest BCUT2D eigenvalue weighted by Gasteiger charge is -2.19. The Bertz CT molecular complexity index is 709. The Balaban J connectivity index is 1.76. The van der Waals surface area contributed by atoms with Gasteiger partial charge in [-0.3, -0.25) is 4.99 Å². The van der Waals surface area contributed by atoms with Crippen molar-refractivity contribution in [1.82, 2.24) is 14.9 Å². The summed E-state index contributed by atoms with van der Waals surface area (Å²) < 4.78 is 26.3. The van der Waals surface area contributed by atoms with Crippen molar-refractivity contribution in [1.29, 1.82) is 0 Å². The first kappa shape index (κ1) is 21.2. The van der Waals surface area contributed by atoms with Crippen LogP contribution in [-0.2, 0) is 16.4 Å². The van der Waals surface area contributed by atoms with Gasteiger partial charge in [0.15, 0.2) is 5.96 Å². The van der Waals surface area contributed by atoms with E-state index < -0.39 is 10.0 Å². The largest absolute Gasteiger partial charge is 0.356 e. The van der Waals surface area contributed by atoms with Gasteiger partial charge in [-0.2, -0.15) is 0 Å². The Morgan fingerprint density at radius 3 is 2.81 bits per heavy atom. The zero-order valence-corrected chi connectivity index (χ0v) is 17.9. The first-order chi connectivity index (χ1) is 12.4. The fraction of sp³-hybridized carbons (Fsp3) is 0.611. The second-order valence-electron chi connectivity index (χ2n) is 6.56. The van der Waals surface area contributed by atoms with Crippen molar-refractivity contribution >= 4 is 31.9 Å². The average molecular weight is 445 g/mol. The fourth-order valence-electron chi connectivity index (χ4n) is 3.06. The van der Waals surface area contributed by atoms with Crippen LogP contribution in [0.2, 0.25) is 0 Å². The second-order valence-corrected chi connectivity index (χ2v) is 9.56. The van der Waals surface area contributed by atoms with Gasteiger partial charge in [0, 0.05) is 37.7 Å². The van der Waals surface area contributed by atoms with Gasteiger partial charge in [0.2, 0.25) is 10.0 Å². The summed E-state index contributed by atoms with van der Waals surface area (Å²) in [5, 5.41) is 6.57. The third-order valence-electron chi connectivity index (χ3n) is 4.63. The van der Waals surface area contributed by atoms with Crippen molar-refractivity contribution in [2.75, 3.05) is 39.0 Å². The van der Waals surface area contributed by atoms with Gasteiger partial charge in [-0.1, -0.05) is 41.4 Å². The van der Waals surface area contributed by atoms with E-state index in [1.807, 2.05) is 6.07 Å². The molecule has 1 aliphatic heterocycles. The molecule has 6 nitrogen and oxygen atoms in total. The smallest absolute Gasteiger partial charge is 0.214 e. The SMILES string of the molecule is CCC(CNC(=NC)NCCN1CCCS1(=O)=O)Cc1cccc(Br)c1. The van der Waals surface area contributed by atoms with E-state index in [-0.39, 0.29) is 5.75 Å². The highest BCUT2D eigenvalue weighted by molar-refractivity contribution is 9.10. The van der Waals surface area contributed by atoms with Crippen molar-refractivity contribution < 1.29 is 8.42 Å². The van der Waals surface area contributed by atoms with E-state index in [0.717, 1.165) is 30.3 Å². The number of hydrogen-bond acceptors (Lipinski definition) is 3. The molecule has 0 amide bonds. The summed E-state index contributed by atoms with van der Waals surface area (Å²) in [6.07, 6.45) is 2.80. The molecule has 0 aliphatic carbocycles. The van der Waals surface area contributed by atoms with Crippen LogP contribution in [-0.4, -0.2) is 57.7 Å². The summed E-state index contributed by atoms with van der Waals surface area (Å²) in [5.74, 6) is 1.49. The van der Waals surface area contributed by atoms with Crippen LogP contribution in [0, 0.1) is 5.92 Å². The number of nitrogens with zero attached hydrogens (tertiary/aromatic N) is 2. The first-order valence-corrected chi connectivity index (χ1v) is 11.5. The van der Waals surface area contributed by atoms with Crippen molar-refractivity contribution in [3.05, 3.63) is 34.3 Å². The molecule has 0 saturated carbocycles. The number of halogens is 1. The highest BCUT2D eigenvalue weighted by Gasteiger charge is 2.27. The maximum atomic E-state index is 11.8. The normalized spacial score (nSPS) is 18.7. The Hall–Kier alpha value is -1.12. The monoisotopic (exact) mass is 444 g/mol. The van der Waals surface area contributed by atoms with Crippen LogP contribution in [0.4, 0.5) is 0 Å². The van der Waals surface area contributed by atoms with Crippen molar-refractivity contribution in [3.8, 4) is 0 Å². The molecule has 26 heavy (non-hydrogen) atoms. The average Bonchev–Trinajstić information content (AvgIpc) is 2.95. The van der Waals surface area contributed by atoms with E-state index in [9.17, 15) is 8.42 Å². The van der Waals surface area contributed by atoms with Gasteiger partial charge >= 0.3 is 0 Å². The van der Waals surface area contributed by atoms with Gasteiger partial charge in [0.1, 0.15) is 0 Å². The third kappa shape index (κ3) is 6.55. The van der Waals surface area contributed by atoms with E-state index in [2.05, 4.69) is 56.7 Å². The maximum Gasteiger partial charge on any atom is 0.214 e. The standard InChI is InChI=1S/C18H29BrN4O2S/c1-3-15(12-16-6-4-7-17(19)13-16)14-22-18(20-2)21-8-10-23-9-5-11-26(23,24)25/h4,6-7,13,15H,3,5,8-12,14H2,1-2H3,(H2,20,21,22). The minimum atomic E-state index is -3.03. The zero-order valence-electron chi connectivity index (χ0n) is 15.5. The summed E-state index contributed by atoms with van der Waals surface area (Å²) in [6.45, 7) is 4.68. The van der Waals surface area contributed by atoms with Crippen molar-refractivity contribution in [3.63, 3.8) is 0 Å². The highest BCUT2D eigenvalue weighted by atomic mass is 79.9. The molecule has 2 rings (SSSR count). The Morgan fingerprint density at radius 2 is 2.19 bits per heavy atom. The molecule has 146 valence electrons. The van der Waals surface area contributed by atoms with E-state index in [1.165, 1.54) is 5.56 Å². The molecule has 0 radical (unpaired) electrons. The van der Waals surface area contributed by atoms with Crippen molar-refractivity contribution in [2.45, 2.75) is 26.2 Å². The number of aliphatic imine (C=N–C) groups is 1. The highest BCUT2D eigenvalue weighted by Crippen LogP contribution is 2.16. The van der Waals surface area contributed by atoms with Gasteiger partial charge in [-0.15, -0.1) is 0 Å². The molecule has 0 spiro atoms. The summed E-state index contributed by atoms with van der Waals surface area (Å²) in [7, 11) is -1.30. The van der Waals surface area contributed by atoms with Gasteiger partial charge in [0.05, 0.1) is 5.75 Å². The molecule has 1 aliphatic rings. The first-order valence-electron chi connectivity index (χ1n) is 9.11. The molecule has 2 N–H and O–H groups in total. The summed E-state index contributed by atoms with van der Waals surface area (Å²) >= 11 is 3.52. The molecule has 1 aromatic rings. The second kappa shape index (κ2) is 10.3. The number of rotatable bonds is 8. The molecular formula is C18H29BrN4O2S. The predicted molar refractivity (Wildman–Crippen MR) is 111 cm³/mol. The summed E-state index contributed by atoms with van der Waals surface area (Å²) in [6, 6.07) is 8.41. The number of benzene rings is 1. The molecule has 8 heteroatoms. The molecule has 1 heterocycles. The van der Waals surface area contributed by atoms with Gasteiger partial charge in [-0.25, -0.2) is 12.7 Å². The molecule has 1 aromatic carbocycles. The third-order valence-corrected chi connectivity index (χ3v) is 7.08. The number of guanidine groups is 1. The lowest BCUT2D eigenvalue weighted by molar-refractivity contribution is 0.443. The molecule has 1 atom stereocenters. The zero-order chi connectivity index (χ0) is 19.0. The van der Waals surface area contributed by atoms with Gasteiger partial charge < -0.3 is 10.6 Å². The Labute approximate surface area is 165 Å². The minimum absolute atomic E-state index is 0.272. The van der Waals surface area contributed by atoms with E-state index in [4.69, 9.17) is 0 Å². The van der Waals surface area contributed by atoms with E-state index >= 15 is 0 Å². The van der Waals surface area contributed by atoms with Crippen LogP contribution in [0.25, 0.3) is 0 Å². The maximum absolute atomic E-state index is 11.8. The van der Waals surface area contributed by atoms with Crippen LogP contribution < -0.4 is 10.6 Å². The number of hydrogen-bond donors (Lipinski definition) is 2. The fourth-order valence-corrected chi connectivity index (χ4v) is 5.04. The Kier molecular flexibility index (Phi) is 8.37. The van der Waals surface area contributed by atoms with E-state index in [1.54, 1.807) is 11.4 Å². The van der Waals surface area contributed by atoms with E-state index in [0.29, 0.717) is 31.5 Å². The molecular weight excluding hydrogens is 416 g/mol. The van der Waals surface area contributed by atoms with Gasteiger partial charge in [0.25, 0.3) is 0 Å². The molecule has 1 unspecified atom stereocenters. The Morgan fingerprint density at radius 1 is 1.38 bits per heavy atom. The molecule has 1 fully saturated rings. The molecule has 1 saturated heterocycles. The minimum Gasteiger partial charge on any atom is -0.356 e. The lowest BCUT2D eigenvalue weighted by atomic mass is 9.97. The quantitative estimate of drug-likeness (QED) is 0.476.